The Labute approximate surface area is 178 Å². The van der Waals surface area contributed by atoms with Crippen molar-refractivity contribution in [3.8, 4) is 17.7 Å². The van der Waals surface area contributed by atoms with Crippen LogP contribution in [0.25, 0.3) is 10.9 Å². The van der Waals surface area contributed by atoms with Crippen molar-refractivity contribution < 1.29 is 19.4 Å². The third-order valence-corrected chi connectivity index (χ3v) is 4.60. The van der Waals surface area contributed by atoms with E-state index < -0.39 is 11.8 Å². The molecule has 158 valence electrons. The van der Waals surface area contributed by atoms with E-state index in [1.165, 1.54) is 7.11 Å². The van der Waals surface area contributed by atoms with Gasteiger partial charge in [0.25, 0.3) is 11.8 Å². The lowest BCUT2D eigenvalue weighted by Crippen LogP contribution is -2.28. The zero-order valence-corrected chi connectivity index (χ0v) is 16.9. The molecule has 2 N–H and O–H groups in total. The minimum absolute atomic E-state index is 0.127. The molecule has 0 bridgehead atoms. The number of hydrogen-bond acceptors (Lipinski definition) is 6. The second kappa shape index (κ2) is 10.0. The normalized spacial score (nSPS) is 10.8. The van der Waals surface area contributed by atoms with Gasteiger partial charge in [0.15, 0.2) is 5.69 Å². The summed E-state index contributed by atoms with van der Waals surface area (Å²) in [5, 5.41) is 30.0. The number of nitriles is 1. The lowest BCUT2D eigenvalue weighted by Gasteiger charge is -2.04. The van der Waals surface area contributed by atoms with E-state index in [4.69, 9.17) is 10.00 Å². The second-order valence-corrected chi connectivity index (χ2v) is 6.61. The summed E-state index contributed by atoms with van der Waals surface area (Å²) in [6, 6.07) is 15.7. The van der Waals surface area contributed by atoms with Gasteiger partial charge in [0.1, 0.15) is 12.3 Å². The number of carbonyl (C=O) groups is 2. The quantitative estimate of drug-likeness (QED) is 0.425. The molecule has 3 aromatic rings. The topological polar surface area (TPSA) is 129 Å². The molecule has 9 nitrogen and oxygen atoms in total. The SMILES string of the molecule is COc1ccc(C(=O)NCC(=O)N=Nc2c(O)n(CCCC#N)c3ccccc23)cc1. The molecule has 0 radical (unpaired) electrons. The van der Waals surface area contributed by atoms with Gasteiger partial charge in [-0.2, -0.15) is 5.26 Å². The minimum atomic E-state index is -0.664. The van der Waals surface area contributed by atoms with Crippen LogP contribution < -0.4 is 10.1 Å². The maximum absolute atomic E-state index is 12.1. The van der Waals surface area contributed by atoms with Gasteiger partial charge >= 0.3 is 0 Å². The predicted molar refractivity (Wildman–Crippen MR) is 113 cm³/mol. The minimum Gasteiger partial charge on any atom is -0.497 e. The van der Waals surface area contributed by atoms with Crippen molar-refractivity contribution in [2.24, 2.45) is 10.2 Å². The van der Waals surface area contributed by atoms with Gasteiger partial charge in [-0.1, -0.05) is 18.2 Å². The van der Waals surface area contributed by atoms with Gasteiger partial charge in [0.2, 0.25) is 5.88 Å². The summed E-state index contributed by atoms with van der Waals surface area (Å²) >= 11 is 0. The molecule has 2 aromatic carbocycles. The smallest absolute Gasteiger partial charge is 0.283 e. The molecule has 0 aliphatic heterocycles. The molecule has 0 atom stereocenters. The van der Waals surface area contributed by atoms with Crippen LogP contribution >= 0.6 is 0 Å². The van der Waals surface area contributed by atoms with Crippen LogP contribution in [-0.4, -0.2) is 35.1 Å². The first-order valence-corrected chi connectivity index (χ1v) is 9.59. The molecule has 3 rings (SSSR count). The van der Waals surface area contributed by atoms with E-state index >= 15 is 0 Å². The van der Waals surface area contributed by atoms with Crippen molar-refractivity contribution in [2.45, 2.75) is 19.4 Å². The molecule has 0 unspecified atom stereocenters. The summed E-state index contributed by atoms with van der Waals surface area (Å²) in [5.74, 6) is -0.600. The molecule has 0 saturated heterocycles. The van der Waals surface area contributed by atoms with Crippen LogP contribution in [0.3, 0.4) is 0 Å². The number of aryl methyl sites for hydroxylation is 1. The van der Waals surface area contributed by atoms with Crippen molar-refractivity contribution in [2.75, 3.05) is 13.7 Å². The van der Waals surface area contributed by atoms with Crippen LogP contribution in [0.1, 0.15) is 23.2 Å². The zero-order chi connectivity index (χ0) is 22.2. The van der Waals surface area contributed by atoms with Gasteiger partial charge in [0, 0.05) is 23.9 Å². The van der Waals surface area contributed by atoms with Crippen LogP contribution in [0.2, 0.25) is 0 Å². The van der Waals surface area contributed by atoms with Crippen molar-refractivity contribution in [1.29, 1.82) is 5.26 Å². The largest absolute Gasteiger partial charge is 0.497 e. The van der Waals surface area contributed by atoms with E-state index in [0.717, 1.165) is 5.52 Å². The maximum Gasteiger partial charge on any atom is 0.283 e. The Balaban J connectivity index is 1.69. The lowest BCUT2D eigenvalue weighted by atomic mass is 10.2. The van der Waals surface area contributed by atoms with Crippen molar-refractivity contribution in [3.05, 3.63) is 54.1 Å². The van der Waals surface area contributed by atoms with Gasteiger partial charge in [-0.15, -0.1) is 10.2 Å². The molecule has 0 spiro atoms. The third kappa shape index (κ3) is 5.05. The number of fused-ring (bicyclic) bond motifs is 1. The number of aromatic nitrogens is 1. The Morgan fingerprint density at radius 1 is 1.19 bits per heavy atom. The Bertz CT molecular complexity index is 1160. The van der Waals surface area contributed by atoms with Crippen molar-refractivity contribution in [1.82, 2.24) is 9.88 Å². The Morgan fingerprint density at radius 2 is 1.94 bits per heavy atom. The van der Waals surface area contributed by atoms with Crippen LogP contribution in [-0.2, 0) is 11.3 Å². The fraction of sp³-hybridized carbons (Fsp3) is 0.227. The predicted octanol–water partition coefficient (Wildman–Crippen LogP) is 3.70. The summed E-state index contributed by atoms with van der Waals surface area (Å²) in [5.41, 5.74) is 1.28. The average molecular weight is 419 g/mol. The summed E-state index contributed by atoms with van der Waals surface area (Å²) in [4.78, 5) is 24.2. The van der Waals surface area contributed by atoms with Gasteiger partial charge in [0.05, 0.1) is 18.7 Å². The highest BCUT2D eigenvalue weighted by atomic mass is 16.5. The van der Waals surface area contributed by atoms with E-state index in [-0.39, 0.29) is 18.1 Å². The fourth-order valence-corrected chi connectivity index (χ4v) is 3.05. The van der Waals surface area contributed by atoms with E-state index in [9.17, 15) is 14.7 Å². The number of azo groups is 1. The third-order valence-electron chi connectivity index (χ3n) is 4.60. The van der Waals surface area contributed by atoms with Crippen LogP contribution in [0.4, 0.5) is 5.69 Å². The van der Waals surface area contributed by atoms with Crippen LogP contribution in [0, 0.1) is 11.3 Å². The number of methoxy groups -OCH3 is 1. The number of benzene rings is 2. The summed E-state index contributed by atoms with van der Waals surface area (Å²) in [6.45, 7) is 0.0945. The highest BCUT2D eigenvalue weighted by Crippen LogP contribution is 2.38. The first-order chi connectivity index (χ1) is 15.0. The molecule has 31 heavy (non-hydrogen) atoms. The Kier molecular flexibility index (Phi) is 6.96. The first kappa shape index (κ1) is 21.5. The van der Waals surface area contributed by atoms with Crippen molar-refractivity contribution in [3.63, 3.8) is 0 Å². The van der Waals surface area contributed by atoms with Gasteiger partial charge in [-0.25, -0.2) is 0 Å². The average Bonchev–Trinajstić information content (AvgIpc) is 3.07. The van der Waals surface area contributed by atoms with Crippen LogP contribution in [0.15, 0.2) is 58.8 Å². The first-order valence-electron chi connectivity index (χ1n) is 9.59. The summed E-state index contributed by atoms with van der Waals surface area (Å²) in [7, 11) is 1.53. The molecular weight excluding hydrogens is 398 g/mol. The van der Waals surface area contributed by atoms with E-state index in [0.29, 0.717) is 36.1 Å². The standard InChI is InChI=1S/C22H21N5O4/c1-31-16-10-8-15(9-11-16)21(29)24-14-19(28)25-26-20-17-6-2-3-7-18(17)27(22(20)30)13-5-4-12-23/h2-3,6-11,30H,4-5,13-14H2,1H3,(H,24,29). The number of unbranched alkanes of at least 4 members (excludes halogenated alkanes) is 1. The number of rotatable bonds is 8. The number of aromatic hydroxyl groups is 1. The summed E-state index contributed by atoms with van der Waals surface area (Å²) in [6.07, 6.45) is 0.921. The molecule has 1 aromatic heterocycles. The molecule has 0 aliphatic rings. The van der Waals surface area contributed by atoms with Gasteiger partial charge in [-0.05, 0) is 36.8 Å². The van der Waals surface area contributed by atoms with E-state index in [1.807, 2.05) is 12.1 Å². The molecular formula is C22H21N5O4. The van der Waals surface area contributed by atoms with Gasteiger partial charge in [-0.3, -0.25) is 9.59 Å². The highest BCUT2D eigenvalue weighted by molar-refractivity contribution is 5.97. The Morgan fingerprint density at radius 3 is 2.65 bits per heavy atom. The summed E-state index contributed by atoms with van der Waals surface area (Å²) < 4.78 is 6.68. The number of hydrogen-bond donors (Lipinski definition) is 2. The fourth-order valence-electron chi connectivity index (χ4n) is 3.05. The number of nitrogens with zero attached hydrogens (tertiary/aromatic N) is 4. The molecule has 0 aliphatic carbocycles. The number of nitrogens with one attached hydrogen (secondary N) is 1. The lowest BCUT2D eigenvalue weighted by molar-refractivity contribution is -0.117. The van der Waals surface area contributed by atoms with Crippen molar-refractivity contribution >= 4 is 28.4 Å². The zero-order valence-electron chi connectivity index (χ0n) is 16.9. The van der Waals surface area contributed by atoms with E-state index in [1.54, 1.807) is 41.0 Å². The van der Waals surface area contributed by atoms with E-state index in [2.05, 4.69) is 21.6 Å². The second-order valence-electron chi connectivity index (χ2n) is 6.61. The van der Waals surface area contributed by atoms with Crippen LogP contribution in [0.5, 0.6) is 11.6 Å². The highest BCUT2D eigenvalue weighted by Gasteiger charge is 2.16. The number of carbonyl (C=O) groups excluding carboxylic acids is 2. The number of para-hydroxylation sites is 1. The number of ether oxygens (including phenoxy) is 1. The monoisotopic (exact) mass is 419 g/mol. The maximum atomic E-state index is 12.1. The molecule has 1 heterocycles. The number of amides is 2. The molecule has 2 amide bonds. The molecule has 9 heteroatoms. The molecule has 0 fully saturated rings. The molecule has 0 saturated carbocycles. The Hall–Kier alpha value is -4.19. The van der Waals surface area contributed by atoms with Gasteiger partial charge < -0.3 is 19.7 Å².